The van der Waals surface area contributed by atoms with Crippen LogP contribution in [0.15, 0.2) is 94.7 Å². The Kier molecular flexibility index (Phi) is 26.2. The fourth-order valence-corrected chi connectivity index (χ4v) is 11.4. The minimum absolute atomic E-state index is 0. The van der Waals surface area contributed by atoms with E-state index < -0.39 is 57.8 Å². The van der Waals surface area contributed by atoms with Crippen LogP contribution in [0.4, 0.5) is 0 Å². The fraction of sp³-hybridized carbons (Fsp3) is 0.421. The molecule has 0 aliphatic carbocycles. The van der Waals surface area contributed by atoms with Gasteiger partial charge in [-0.3, -0.25) is 0 Å². The van der Waals surface area contributed by atoms with E-state index in [9.17, 15) is 46.5 Å². The van der Waals surface area contributed by atoms with Crippen molar-refractivity contribution in [2.24, 2.45) is 0 Å². The Hall–Kier alpha value is -4.77. The van der Waals surface area contributed by atoms with Gasteiger partial charge in [-0.2, -0.15) is 8.61 Å². The summed E-state index contributed by atoms with van der Waals surface area (Å²) in [7, 11) is -8.42. The van der Waals surface area contributed by atoms with Gasteiger partial charge in [0, 0.05) is 86.0 Å². The molecule has 5 aromatic carbocycles. The molecular formula is C57H69EuN2O15S2. The van der Waals surface area contributed by atoms with Gasteiger partial charge < -0.3 is 53.4 Å². The maximum absolute atomic E-state index is 14.5. The van der Waals surface area contributed by atoms with Crippen molar-refractivity contribution >= 4 is 38.0 Å². The number of nitrogens with zero attached hydrogens (tertiary/aromatic N) is 2. The third-order valence-corrected chi connectivity index (χ3v) is 15.8. The van der Waals surface area contributed by atoms with Crippen LogP contribution in [0.2, 0.25) is 0 Å². The van der Waals surface area contributed by atoms with Crippen molar-refractivity contribution in [3.63, 3.8) is 0 Å². The van der Waals surface area contributed by atoms with E-state index in [1.165, 1.54) is 32.9 Å². The molecule has 20 heteroatoms. The Balaban J connectivity index is 0.0000128. The predicted molar refractivity (Wildman–Crippen MR) is 281 cm³/mol. The first-order valence-electron chi connectivity index (χ1n) is 25.4. The van der Waals surface area contributed by atoms with E-state index >= 15 is 0 Å². The molecule has 0 amide bonds. The number of carbonyl (C=O) groups is 3. The summed E-state index contributed by atoms with van der Waals surface area (Å²) in [5.41, 5.74) is 4.51. The summed E-state index contributed by atoms with van der Waals surface area (Å²) < 4.78 is 90.5. The first-order valence-corrected chi connectivity index (χ1v) is 28.2. The molecule has 0 aliphatic rings. The molecule has 0 saturated heterocycles. The minimum Gasteiger partial charge on any atom is -0.546 e. The van der Waals surface area contributed by atoms with Gasteiger partial charge in [0.1, 0.15) is 37.1 Å². The Morgan fingerprint density at radius 3 is 1.06 bits per heavy atom. The quantitative estimate of drug-likeness (QED) is 0.0455. The number of hydrogen-bond donors (Lipinski definition) is 0. The van der Waals surface area contributed by atoms with Crippen LogP contribution in [0.5, 0.6) is 17.2 Å². The molecular weight excluding hydrogens is 1170 g/mol. The molecule has 17 nitrogen and oxygen atoms in total. The molecule has 0 fully saturated rings. The van der Waals surface area contributed by atoms with E-state index in [1.807, 2.05) is 27.7 Å². The standard InChI is InChI=1S/C57H72N2O15S2.Eu/c1-8-10-24-70-26-12-22-58(75(66,67)46-18-14-39(3)15-19-46)34-44-28-41(5)30-48(55(44)72-36-52(60)61)50-32-43(7)33-51(57(50)74-38-54(64)65)49-31-42(6)29-45(56(49)73-37-53(62)63)35-59(23-13-27-71-25-11-9-2)76(68,69)47-20-16-40(4)17-21-47;/h14-21,28-33H,8-13,22-27,34-38H2,1-7H3,(H,60,61)(H,62,63)(H,64,65);/q;+3/p-3. The molecule has 5 rings (SSSR count). The second-order valence-electron chi connectivity index (χ2n) is 18.7. The zero-order valence-electron chi connectivity index (χ0n) is 44.8. The SMILES string of the molecule is CCCCOCCCN(Cc1cc(C)cc(-c2cc(C)cc(-c3cc(C)cc(CN(CCCOCCCC)S(=O)(=O)c4ccc(C)cc4)c3OCC(=O)[O-])c2OCC(=O)[O-])c1OCC(=O)[O-])S(=O)(=O)c1ccc(C)cc1.[Eu+3]. The predicted octanol–water partition coefficient (Wildman–Crippen LogP) is 5.74. The second-order valence-corrected chi connectivity index (χ2v) is 22.6. The molecule has 0 N–H and O–H groups in total. The van der Waals surface area contributed by atoms with Gasteiger partial charge in [0.05, 0.1) is 27.7 Å². The van der Waals surface area contributed by atoms with Crippen molar-refractivity contribution in [1.29, 1.82) is 0 Å². The van der Waals surface area contributed by atoms with Crippen molar-refractivity contribution in [2.75, 3.05) is 59.3 Å². The summed E-state index contributed by atoms with van der Waals surface area (Å²) in [6, 6.07) is 22.7. The zero-order chi connectivity index (χ0) is 55.6. The van der Waals surface area contributed by atoms with E-state index in [2.05, 4.69) is 0 Å². The Bertz CT molecular complexity index is 2820. The number of sulfonamides is 2. The van der Waals surface area contributed by atoms with Gasteiger partial charge in [0.15, 0.2) is 0 Å². The number of ether oxygens (including phenoxy) is 5. The smallest absolute Gasteiger partial charge is 0.546 e. The number of aryl methyl sites for hydroxylation is 5. The van der Waals surface area contributed by atoms with Crippen LogP contribution in [0, 0.1) is 84.0 Å². The van der Waals surface area contributed by atoms with Gasteiger partial charge in [0.25, 0.3) is 0 Å². The summed E-state index contributed by atoms with van der Waals surface area (Å²) in [4.78, 5) is 36.7. The molecule has 0 heterocycles. The number of carbonyl (C=O) groups excluding carboxylic acids is 3. The molecule has 77 heavy (non-hydrogen) atoms. The summed E-state index contributed by atoms with van der Waals surface area (Å²) >= 11 is 0. The van der Waals surface area contributed by atoms with Crippen molar-refractivity contribution < 1.29 is 120 Å². The number of rotatable bonds is 33. The molecule has 0 saturated carbocycles. The number of carboxylic acids is 3. The number of hydrogen-bond acceptors (Lipinski definition) is 15. The maximum atomic E-state index is 14.5. The van der Waals surface area contributed by atoms with Crippen molar-refractivity contribution in [3.8, 4) is 39.5 Å². The summed E-state index contributed by atoms with van der Waals surface area (Å²) in [5.74, 6) is -5.08. The summed E-state index contributed by atoms with van der Waals surface area (Å²) in [6.45, 7) is 10.9. The van der Waals surface area contributed by atoms with Crippen LogP contribution in [-0.4, -0.2) is 103 Å². The van der Waals surface area contributed by atoms with Crippen LogP contribution in [0.1, 0.15) is 91.3 Å². The zero-order valence-corrected chi connectivity index (χ0v) is 48.9. The average molecular weight is 1240 g/mol. The van der Waals surface area contributed by atoms with Crippen LogP contribution in [0.3, 0.4) is 0 Å². The van der Waals surface area contributed by atoms with Gasteiger partial charge in [-0.1, -0.05) is 74.2 Å². The molecule has 0 spiro atoms. The molecule has 5 aromatic rings. The van der Waals surface area contributed by atoms with Gasteiger partial charge >= 0.3 is 49.4 Å². The van der Waals surface area contributed by atoms with Crippen molar-refractivity contribution in [2.45, 2.75) is 110 Å². The molecule has 0 aliphatic heterocycles. The van der Waals surface area contributed by atoms with Crippen LogP contribution in [0.25, 0.3) is 22.3 Å². The van der Waals surface area contributed by atoms with Crippen LogP contribution in [-0.2, 0) is 57.0 Å². The largest absolute Gasteiger partial charge is 3.00 e. The molecule has 0 aromatic heterocycles. The Morgan fingerprint density at radius 2 is 0.740 bits per heavy atom. The summed E-state index contributed by atoms with van der Waals surface area (Å²) in [6.07, 6.45) is 4.13. The molecule has 0 unspecified atom stereocenters. The van der Waals surface area contributed by atoms with Gasteiger partial charge in [-0.05, 0) is 126 Å². The second kappa shape index (κ2) is 31.1. The van der Waals surface area contributed by atoms with Gasteiger partial charge in [-0.15, -0.1) is 0 Å². The first-order chi connectivity index (χ1) is 36.2. The third-order valence-electron chi connectivity index (χ3n) is 12.1. The van der Waals surface area contributed by atoms with Crippen LogP contribution >= 0.6 is 0 Å². The number of unbranched alkanes of at least 4 members (excludes halogenated alkanes) is 2. The van der Waals surface area contributed by atoms with E-state index in [-0.39, 0.29) is 149 Å². The first kappa shape index (κ1) is 64.8. The van der Waals surface area contributed by atoms with Gasteiger partial charge in [-0.25, -0.2) is 16.8 Å². The topological polar surface area (TPSA) is 241 Å². The average Bonchev–Trinajstić information content (AvgIpc) is 3.36. The maximum Gasteiger partial charge on any atom is 3.00 e. The Labute approximate surface area is 494 Å². The third kappa shape index (κ3) is 18.9. The minimum atomic E-state index is -4.21. The fourth-order valence-electron chi connectivity index (χ4n) is 8.44. The van der Waals surface area contributed by atoms with E-state index in [0.29, 0.717) is 42.7 Å². The van der Waals surface area contributed by atoms with E-state index in [1.54, 1.807) is 81.4 Å². The van der Waals surface area contributed by atoms with Gasteiger partial charge in [0.2, 0.25) is 20.0 Å². The normalized spacial score (nSPS) is 11.6. The monoisotopic (exact) mass is 1240 g/mol. The van der Waals surface area contributed by atoms with Crippen molar-refractivity contribution in [1.82, 2.24) is 8.61 Å². The molecule has 0 bridgehead atoms. The molecule has 0 radical (unpaired) electrons. The number of benzene rings is 5. The Morgan fingerprint density at radius 1 is 0.442 bits per heavy atom. The van der Waals surface area contributed by atoms with E-state index in [4.69, 9.17) is 23.7 Å². The van der Waals surface area contributed by atoms with Crippen molar-refractivity contribution in [3.05, 3.63) is 124 Å². The number of aliphatic carboxylic acids is 3. The van der Waals surface area contributed by atoms with E-state index in [0.717, 1.165) is 36.8 Å². The molecule has 416 valence electrons. The van der Waals surface area contributed by atoms with Crippen LogP contribution < -0.4 is 29.5 Å². The molecule has 0 atom stereocenters. The summed E-state index contributed by atoms with van der Waals surface area (Å²) in [5, 5.41) is 36.6. The number of carboxylic acid groups (broad SMARTS) is 3.